The number of fused-ring (bicyclic) bond motifs is 6. The second-order valence-corrected chi connectivity index (χ2v) is 14.3. The standard InChI is InChI=1S/C53H35N3O/c1-4-18-36(19-5-1)42-27-12-14-32-47(42)55(41-26-16-23-38(34-41)44-30-17-31-46-52(44)57-53(54-46)37-20-6-2-7-21-37)49-35-39-22-10-11-28-43(39)51-50(49)45-29-13-15-33-48(45)56(51)40-24-8-3-9-25-40/h1-35H. The lowest BCUT2D eigenvalue weighted by Gasteiger charge is -2.29. The van der Waals surface area contributed by atoms with Gasteiger partial charge in [0.25, 0.3) is 0 Å². The number of rotatable bonds is 7. The highest BCUT2D eigenvalue weighted by Crippen LogP contribution is 2.49. The topological polar surface area (TPSA) is 34.2 Å². The average molecular weight is 730 g/mol. The van der Waals surface area contributed by atoms with E-state index in [2.05, 4.69) is 185 Å². The van der Waals surface area contributed by atoms with Crippen molar-refractivity contribution in [3.8, 4) is 39.4 Å². The van der Waals surface area contributed by atoms with Crippen LogP contribution in [-0.4, -0.2) is 9.55 Å². The molecule has 0 radical (unpaired) electrons. The molecule has 0 atom stereocenters. The third-order valence-electron chi connectivity index (χ3n) is 11.0. The molecule has 0 fully saturated rings. The van der Waals surface area contributed by atoms with Crippen LogP contribution in [0.1, 0.15) is 0 Å². The van der Waals surface area contributed by atoms with Gasteiger partial charge in [-0.25, -0.2) is 4.98 Å². The lowest BCUT2D eigenvalue weighted by Crippen LogP contribution is -2.12. The summed E-state index contributed by atoms with van der Waals surface area (Å²) in [5, 5.41) is 4.74. The predicted octanol–water partition coefficient (Wildman–Crippen LogP) is 14.5. The minimum atomic E-state index is 0.612. The highest BCUT2D eigenvalue weighted by Gasteiger charge is 2.25. The van der Waals surface area contributed by atoms with Crippen LogP contribution in [0.2, 0.25) is 0 Å². The molecular formula is C53H35N3O. The maximum atomic E-state index is 6.56. The van der Waals surface area contributed by atoms with Crippen molar-refractivity contribution in [2.75, 3.05) is 4.90 Å². The first-order valence-corrected chi connectivity index (χ1v) is 19.3. The maximum Gasteiger partial charge on any atom is 0.227 e. The normalized spacial score (nSPS) is 11.5. The van der Waals surface area contributed by atoms with Gasteiger partial charge in [-0.05, 0) is 77.2 Å². The first-order valence-electron chi connectivity index (χ1n) is 19.3. The Hall–Kier alpha value is -7.69. The van der Waals surface area contributed by atoms with Crippen LogP contribution in [0.25, 0.3) is 83.1 Å². The second kappa shape index (κ2) is 13.6. The van der Waals surface area contributed by atoms with E-state index in [1.165, 1.54) is 27.1 Å². The van der Waals surface area contributed by atoms with Crippen molar-refractivity contribution in [2.45, 2.75) is 0 Å². The Balaban J connectivity index is 1.22. The number of oxazole rings is 1. The molecule has 11 aromatic rings. The van der Waals surface area contributed by atoms with Crippen molar-refractivity contribution in [3.63, 3.8) is 0 Å². The molecular weight excluding hydrogens is 695 g/mol. The lowest BCUT2D eigenvalue weighted by molar-refractivity contribution is 0.621. The van der Waals surface area contributed by atoms with Gasteiger partial charge in [-0.3, -0.25) is 0 Å². The Morgan fingerprint density at radius 1 is 0.456 bits per heavy atom. The highest BCUT2D eigenvalue weighted by molar-refractivity contribution is 6.25. The van der Waals surface area contributed by atoms with Gasteiger partial charge in [-0.15, -0.1) is 0 Å². The number of nitrogens with zero attached hydrogens (tertiary/aromatic N) is 3. The Morgan fingerprint density at radius 3 is 1.91 bits per heavy atom. The third kappa shape index (κ3) is 5.50. The molecule has 0 aliphatic rings. The minimum Gasteiger partial charge on any atom is -0.435 e. The lowest BCUT2D eigenvalue weighted by atomic mass is 9.98. The number of benzene rings is 9. The van der Waals surface area contributed by atoms with Gasteiger partial charge in [-0.1, -0.05) is 152 Å². The summed E-state index contributed by atoms with van der Waals surface area (Å²) in [5.74, 6) is 0.612. The first kappa shape index (κ1) is 32.7. The van der Waals surface area contributed by atoms with Gasteiger partial charge >= 0.3 is 0 Å². The summed E-state index contributed by atoms with van der Waals surface area (Å²) in [6.07, 6.45) is 0. The molecule has 0 saturated heterocycles. The van der Waals surface area contributed by atoms with Gasteiger partial charge < -0.3 is 13.9 Å². The molecule has 11 rings (SSSR count). The van der Waals surface area contributed by atoms with E-state index < -0.39 is 0 Å². The van der Waals surface area contributed by atoms with E-state index in [1.807, 2.05) is 36.4 Å². The van der Waals surface area contributed by atoms with Crippen LogP contribution in [0.5, 0.6) is 0 Å². The number of aromatic nitrogens is 2. The molecule has 57 heavy (non-hydrogen) atoms. The van der Waals surface area contributed by atoms with Crippen LogP contribution in [0.15, 0.2) is 217 Å². The number of hydrogen-bond acceptors (Lipinski definition) is 3. The van der Waals surface area contributed by atoms with Gasteiger partial charge in [0.05, 0.1) is 22.4 Å². The van der Waals surface area contributed by atoms with Crippen LogP contribution in [0.3, 0.4) is 0 Å². The van der Waals surface area contributed by atoms with E-state index in [9.17, 15) is 0 Å². The van der Waals surface area contributed by atoms with E-state index in [1.54, 1.807) is 0 Å². The predicted molar refractivity (Wildman–Crippen MR) is 237 cm³/mol. The summed E-state index contributed by atoms with van der Waals surface area (Å²) >= 11 is 0. The third-order valence-corrected chi connectivity index (χ3v) is 11.0. The van der Waals surface area contributed by atoms with Crippen LogP contribution in [0.4, 0.5) is 17.1 Å². The zero-order valence-electron chi connectivity index (χ0n) is 31.0. The molecule has 2 aromatic heterocycles. The molecule has 0 N–H and O–H groups in total. The van der Waals surface area contributed by atoms with Crippen molar-refractivity contribution in [1.82, 2.24) is 9.55 Å². The molecule has 0 amide bonds. The van der Waals surface area contributed by atoms with Gasteiger partial charge in [0.15, 0.2) is 5.58 Å². The average Bonchev–Trinajstić information content (AvgIpc) is 3.89. The molecule has 0 spiro atoms. The Bertz CT molecular complexity index is 3240. The minimum absolute atomic E-state index is 0.612. The van der Waals surface area contributed by atoms with Gasteiger partial charge in [0.2, 0.25) is 5.89 Å². The van der Waals surface area contributed by atoms with Crippen LogP contribution < -0.4 is 4.90 Å². The fraction of sp³-hybridized carbons (Fsp3) is 0. The zero-order valence-corrected chi connectivity index (χ0v) is 31.0. The van der Waals surface area contributed by atoms with Crippen molar-refractivity contribution in [1.29, 1.82) is 0 Å². The van der Waals surface area contributed by atoms with Crippen molar-refractivity contribution >= 4 is 60.7 Å². The summed E-state index contributed by atoms with van der Waals surface area (Å²) < 4.78 is 8.99. The van der Waals surface area contributed by atoms with Crippen LogP contribution >= 0.6 is 0 Å². The first-order chi connectivity index (χ1) is 28.3. The molecule has 4 heteroatoms. The number of hydrogen-bond donors (Lipinski definition) is 0. The molecule has 0 aliphatic carbocycles. The van der Waals surface area contributed by atoms with Gasteiger partial charge in [0.1, 0.15) is 5.52 Å². The fourth-order valence-electron chi connectivity index (χ4n) is 8.47. The molecule has 2 heterocycles. The van der Waals surface area contributed by atoms with Gasteiger partial charge in [0, 0.05) is 44.2 Å². The molecule has 9 aromatic carbocycles. The smallest absolute Gasteiger partial charge is 0.227 e. The molecule has 0 saturated carbocycles. The van der Waals surface area contributed by atoms with E-state index in [0.717, 1.165) is 67.2 Å². The molecule has 0 aliphatic heterocycles. The monoisotopic (exact) mass is 729 g/mol. The summed E-state index contributed by atoms with van der Waals surface area (Å²) in [7, 11) is 0. The summed E-state index contributed by atoms with van der Waals surface area (Å²) in [6.45, 7) is 0. The second-order valence-electron chi connectivity index (χ2n) is 14.3. The highest BCUT2D eigenvalue weighted by atomic mass is 16.3. The van der Waals surface area contributed by atoms with Crippen molar-refractivity contribution < 1.29 is 4.42 Å². The number of para-hydroxylation sites is 4. The largest absolute Gasteiger partial charge is 0.435 e. The van der Waals surface area contributed by atoms with E-state index in [-0.39, 0.29) is 0 Å². The van der Waals surface area contributed by atoms with E-state index in [4.69, 9.17) is 9.40 Å². The maximum absolute atomic E-state index is 6.56. The van der Waals surface area contributed by atoms with Gasteiger partial charge in [-0.2, -0.15) is 0 Å². The summed E-state index contributed by atoms with van der Waals surface area (Å²) in [6, 6.07) is 75.3. The number of anilines is 3. The van der Waals surface area contributed by atoms with Crippen LogP contribution in [-0.2, 0) is 0 Å². The van der Waals surface area contributed by atoms with Crippen LogP contribution in [0, 0.1) is 0 Å². The van der Waals surface area contributed by atoms with E-state index >= 15 is 0 Å². The SMILES string of the molecule is c1ccc(-c2nc3cccc(-c4cccc(N(c5ccccc5-c5ccccc5)c5cc6ccccc6c6c5c5ccccc5n6-c5ccccc5)c4)c3o2)cc1. The Labute approximate surface area is 330 Å². The van der Waals surface area contributed by atoms with Crippen molar-refractivity contribution in [3.05, 3.63) is 212 Å². The summed E-state index contributed by atoms with van der Waals surface area (Å²) in [5.41, 5.74) is 13.5. The molecule has 4 nitrogen and oxygen atoms in total. The summed E-state index contributed by atoms with van der Waals surface area (Å²) in [4.78, 5) is 7.36. The molecule has 268 valence electrons. The zero-order chi connectivity index (χ0) is 37.7. The quantitative estimate of drug-likeness (QED) is 0.164. The van der Waals surface area contributed by atoms with E-state index in [0.29, 0.717) is 5.89 Å². The Morgan fingerprint density at radius 2 is 1.09 bits per heavy atom. The molecule has 0 bridgehead atoms. The Kier molecular flexibility index (Phi) is 7.78. The van der Waals surface area contributed by atoms with Crippen molar-refractivity contribution in [2.24, 2.45) is 0 Å². The fourth-order valence-corrected chi connectivity index (χ4v) is 8.47. The molecule has 0 unspecified atom stereocenters.